The van der Waals surface area contributed by atoms with Gasteiger partial charge in [0.05, 0.1) is 22.4 Å². The molecule has 1 aliphatic rings. The van der Waals surface area contributed by atoms with Crippen molar-refractivity contribution in [1.82, 2.24) is 20.0 Å². The van der Waals surface area contributed by atoms with E-state index in [1.807, 2.05) is 11.9 Å². The molecule has 8 nitrogen and oxygen atoms in total. The van der Waals surface area contributed by atoms with Crippen molar-refractivity contribution in [3.05, 3.63) is 52.3 Å². The Morgan fingerprint density at radius 3 is 2.83 bits per heavy atom. The molecule has 0 radical (unpaired) electrons. The minimum absolute atomic E-state index is 0.0224. The number of carbonyl (C=O) groups excluding carboxylic acids is 1. The number of carbonyl (C=O) groups is 1. The molecule has 1 unspecified atom stereocenters. The summed E-state index contributed by atoms with van der Waals surface area (Å²) in [6, 6.07) is 6.27. The lowest BCUT2D eigenvalue weighted by Gasteiger charge is -2.23. The molecule has 1 fully saturated rings. The van der Waals surface area contributed by atoms with Gasteiger partial charge in [-0.15, -0.1) is 0 Å². The van der Waals surface area contributed by atoms with Crippen LogP contribution in [0.4, 0.5) is 5.69 Å². The van der Waals surface area contributed by atoms with Gasteiger partial charge < -0.3 is 10.2 Å². The SMILES string of the molecule is CNCC1CCCN1C(=O)c1cnn(-c2ccc([N+](=O)[O-])cc2)c1. The Bertz CT molecular complexity index is 740. The normalized spacial score (nSPS) is 17.2. The number of benzene rings is 1. The number of amides is 1. The molecule has 0 bridgehead atoms. The van der Waals surface area contributed by atoms with Crippen LogP contribution in [0.2, 0.25) is 0 Å². The highest BCUT2D eigenvalue weighted by atomic mass is 16.6. The van der Waals surface area contributed by atoms with E-state index >= 15 is 0 Å². The summed E-state index contributed by atoms with van der Waals surface area (Å²) in [4.78, 5) is 24.8. The van der Waals surface area contributed by atoms with Gasteiger partial charge >= 0.3 is 0 Å². The van der Waals surface area contributed by atoms with Gasteiger partial charge in [0.2, 0.25) is 0 Å². The zero-order valence-electron chi connectivity index (χ0n) is 13.4. The highest BCUT2D eigenvalue weighted by Crippen LogP contribution is 2.20. The molecule has 2 aromatic rings. The fourth-order valence-electron chi connectivity index (χ4n) is 3.02. The lowest BCUT2D eigenvalue weighted by atomic mass is 10.2. The van der Waals surface area contributed by atoms with E-state index in [0.717, 1.165) is 25.9 Å². The number of nitrogens with zero attached hydrogens (tertiary/aromatic N) is 4. The molecule has 24 heavy (non-hydrogen) atoms. The molecule has 1 aliphatic heterocycles. The Morgan fingerprint density at radius 1 is 1.42 bits per heavy atom. The molecule has 2 heterocycles. The van der Waals surface area contributed by atoms with Gasteiger partial charge in [0, 0.05) is 37.5 Å². The fourth-order valence-corrected chi connectivity index (χ4v) is 3.02. The Morgan fingerprint density at radius 2 is 2.17 bits per heavy atom. The Hall–Kier alpha value is -2.74. The third-order valence-corrected chi connectivity index (χ3v) is 4.23. The summed E-state index contributed by atoms with van der Waals surface area (Å²) in [5, 5.41) is 18.0. The number of non-ortho nitro benzene ring substituents is 1. The first kappa shape index (κ1) is 16.1. The number of nitro benzene ring substituents is 1. The van der Waals surface area contributed by atoms with E-state index in [-0.39, 0.29) is 17.6 Å². The first-order valence-electron chi connectivity index (χ1n) is 7.85. The van der Waals surface area contributed by atoms with Gasteiger partial charge in [-0.25, -0.2) is 4.68 Å². The zero-order chi connectivity index (χ0) is 17.1. The van der Waals surface area contributed by atoms with Crippen LogP contribution in [0, 0.1) is 10.1 Å². The van der Waals surface area contributed by atoms with E-state index < -0.39 is 4.92 Å². The Kier molecular flexibility index (Phi) is 4.57. The number of likely N-dealkylation sites (N-methyl/N-ethyl adjacent to an activating group) is 1. The van der Waals surface area contributed by atoms with Gasteiger partial charge in [-0.2, -0.15) is 5.10 Å². The molecule has 0 spiro atoms. The number of rotatable bonds is 5. The molecule has 1 aromatic carbocycles. The average molecular weight is 329 g/mol. The van der Waals surface area contributed by atoms with Gasteiger partial charge in [0.1, 0.15) is 0 Å². The van der Waals surface area contributed by atoms with Crippen LogP contribution >= 0.6 is 0 Å². The number of aromatic nitrogens is 2. The smallest absolute Gasteiger partial charge is 0.269 e. The van der Waals surface area contributed by atoms with Crippen LogP contribution in [0.5, 0.6) is 0 Å². The predicted molar refractivity (Wildman–Crippen MR) is 88.2 cm³/mol. The van der Waals surface area contributed by atoms with E-state index in [1.165, 1.54) is 12.1 Å². The number of hydrogen-bond acceptors (Lipinski definition) is 5. The molecule has 1 aromatic heterocycles. The number of nitro groups is 1. The molecule has 1 saturated heterocycles. The summed E-state index contributed by atoms with van der Waals surface area (Å²) in [6.45, 7) is 1.54. The fraction of sp³-hybridized carbons (Fsp3) is 0.375. The maximum absolute atomic E-state index is 12.7. The third kappa shape index (κ3) is 3.13. The molecule has 0 saturated carbocycles. The van der Waals surface area contributed by atoms with Crippen LogP contribution in [-0.4, -0.2) is 51.7 Å². The van der Waals surface area contributed by atoms with Crippen molar-refractivity contribution in [3.8, 4) is 5.69 Å². The van der Waals surface area contributed by atoms with Crippen LogP contribution in [-0.2, 0) is 0 Å². The second kappa shape index (κ2) is 6.79. The Labute approximate surface area is 139 Å². The number of nitrogens with one attached hydrogen (secondary N) is 1. The van der Waals surface area contributed by atoms with Crippen molar-refractivity contribution in [3.63, 3.8) is 0 Å². The molecule has 3 rings (SSSR count). The average Bonchev–Trinajstić information content (AvgIpc) is 3.24. The second-order valence-electron chi connectivity index (χ2n) is 5.80. The van der Waals surface area contributed by atoms with Crippen LogP contribution in [0.3, 0.4) is 0 Å². The quantitative estimate of drug-likeness (QED) is 0.664. The first-order chi connectivity index (χ1) is 11.6. The summed E-state index contributed by atoms with van der Waals surface area (Å²) in [5.74, 6) is -0.0269. The lowest BCUT2D eigenvalue weighted by Crippen LogP contribution is -2.40. The van der Waals surface area contributed by atoms with Gasteiger partial charge in [0.15, 0.2) is 0 Å². The van der Waals surface area contributed by atoms with Gasteiger partial charge in [-0.1, -0.05) is 0 Å². The lowest BCUT2D eigenvalue weighted by molar-refractivity contribution is -0.384. The molecule has 0 aliphatic carbocycles. The van der Waals surface area contributed by atoms with E-state index in [4.69, 9.17) is 0 Å². The second-order valence-corrected chi connectivity index (χ2v) is 5.80. The highest BCUT2D eigenvalue weighted by molar-refractivity contribution is 5.94. The highest BCUT2D eigenvalue weighted by Gasteiger charge is 2.29. The largest absolute Gasteiger partial charge is 0.334 e. The van der Waals surface area contributed by atoms with Crippen LogP contribution < -0.4 is 5.32 Å². The maximum Gasteiger partial charge on any atom is 0.269 e. The van der Waals surface area contributed by atoms with Gasteiger partial charge in [0.25, 0.3) is 11.6 Å². The Balaban J connectivity index is 1.77. The van der Waals surface area contributed by atoms with E-state index in [1.54, 1.807) is 29.2 Å². The minimum Gasteiger partial charge on any atom is -0.334 e. The summed E-state index contributed by atoms with van der Waals surface area (Å²) >= 11 is 0. The molecule has 1 atom stereocenters. The van der Waals surface area contributed by atoms with Gasteiger partial charge in [-0.05, 0) is 32.0 Å². The van der Waals surface area contributed by atoms with Crippen molar-refractivity contribution < 1.29 is 9.72 Å². The predicted octanol–water partition coefficient (Wildman–Crippen LogP) is 1.60. The monoisotopic (exact) mass is 329 g/mol. The van der Waals surface area contributed by atoms with E-state index in [2.05, 4.69) is 10.4 Å². The molecular formula is C16H19N5O3. The van der Waals surface area contributed by atoms with Crippen LogP contribution in [0.15, 0.2) is 36.7 Å². The topological polar surface area (TPSA) is 93.3 Å². The molecular weight excluding hydrogens is 310 g/mol. The summed E-state index contributed by atoms with van der Waals surface area (Å²) in [5.41, 5.74) is 1.22. The number of likely N-dealkylation sites (tertiary alicyclic amines) is 1. The van der Waals surface area contributed by atoms with E-state index in [9.17, 15) is 14.9 Å². The third-order valence-electron chi connectivity index (χ3n) is 4.23. The van der Waals surface area contributed by atoms with Crippen molar-refractivity contribution in [2.45, 2.75) is 18.9 Å². The van der Waals surface area contributed by atoms with Crippen molar-refractivity contribution in [2.75, 3.05) is 20.1 Å². The molecule has 126 valence electrons. The summed E-state index contributed by atoms with van der Waals surface area (Å²) in [6.07, 6.45) is 5.22. The van der Waals surface area contributed by atoms with Crippen molar-refractivity contribution in [2.24, 2.45) is 0 Å². The number of hydrogen-bond donors (Lipinski definition) is 1. The summed E-state index contributed by atoms with van der Waals surface area (Å²) in [7, 11) is 1.88. The summed E-state index contributed by atoms with van der Waals surface area (Å²) < 4.78 is 1.56. The maximum atomic E-state index is 12.7. The minimum atomic E-state index is -0.447. The van der Waals surface area contributed by atoms with Gasteiger partial charge in [-0.3, -0.25) is 14.9 Å². The standard InChI is InChI=1S/C16H19N5O3/c1-17-10-15-3-2-8-19(15)16(22)12-9-18-20(11-12)13-4-6-14(7-5-13)21(23)24/h4-7,9,11,15,17H,2-3,8,10H2,1H3. The molecule has 1 amide bonds. The van der Waals surface area contributed by atoms with E-state index in [0.29, 0.717) is 11.3 Å². The van der Waals surface area contributed by atoms with Crippen LogP contribution in [0.25, 0.3) is 5.69 Å². The first-order valence-corrected chi connectivity index (χ1v) is 7.85. The van der Waals surface area contributed by atoms with Crippen molar-refractivity contribution in [1.29, 1.82) is 0 Å². The zero-order valence-corrected chi connectivity index (χ0v) is 13.4. The molecule has 8 heteroatoms. The van der Waals surface area contributed by atoms with Crippen molar-refractivity contribution >= 4 is 11.6 Å². The van der Waals surface area contributed by atoms with Crippen LogP contribution in [0.1, 0.15) is 23.2 Å². The molecule has 1 N–H and O–H groups in total.